The van der Waals surface area contributed by atoms with Gasteiger partial charge in [-0.2, -0.15) is 0 Å². The third-order valence-corrected chi connectivity index (χ3v) is 11.9. The van der Waals surface area contributed by atoms with Crippen LogP contribution in [-0.2, 0) is 0 Å². The summed E-state index contributed by atoms with van der Waals surface area (Å²) in [5.41, 5.74) is 15.5. The lowest BCUT2D eigenvalue weighted by atomic mass is 9.95. The van der Waals surface area contributed by atoms with E-state index >= 15 is 0 Å². The quantitative estimate of drug-likeness (QED) is 0.0985. The number of benzene rings is 2. The van der Waals surface area contributed by atoms with Gasteiger partial charge in [0.2, 0.25) is 10.3 Å². The molecule has 0 bridgehead atoms. The Morgan fingerprint density at radius 1 is 0.529 bits per heavy atom. The van der Waals surface area contributed by atoms with Crippen LogP contribution in [0.1, 0.15) is 68.9 Å². The van der Waals surface area contributed by atoms with Crippen molar-refractivity contribution in [3.05, 3.63) is 96.3 Å². The predicted molar refractivity (Wildman–Crippen MR) is 215 cm³/mol. The number of rotatable bonds is 11. The number of nitrogens with zero attached hydrogens (tertiary/aromatic N) is 4. The Kier molecular flexibility index (Phi) is 9.94. The summed E-state index contributed by atoms with van der Waals surface area (Å²) in [5.74, 6) is 1.84. The van der Waals surface area contributed by atoms with E-state index in [9.17, 15) is 0 Å². The summed E-state index contributed by atoms with van der Waals surface area (Å²) in [4.78, 5) is 21.8. The van der Waals surface area contributed by atoms with Crippen molar-refractivity contribution in [1.82, 2.24) is 19.9 Å². The van der Waals surface area contributed by atoms with Gasteiger partial charge in [-0.25, -0.2) is 19.9 Å². The van der Waals surface area contributed by atoms with Gasteiger partial charge in [0.25, 0.3) is 0 Å². The molecule has 2 fully saturated rings. The molecule has 2 saturated carbocycles. The fraction of sp³-hybridized carbons (Fsp3) is 0.317. The van der Waals surface area contributed by atoms with Gasteiger partial charge in [-0.15, -0.1) is 0 Å². The molecule has 0 amide bonds. The van der Waals surface area contributed by atoms with E-state index in [0.29, 0.717) is 12.1 Å². The van der Waals surface area contributed by atoms with Gasteiger partial charge in [-0.1, -0.05) is 102 Å². The molecule has 0 radical (unpaired) electrons. The molecule has 4 N–H and O–H groups in total. The molecule has 0 aliphatic heterocycles. The van der Waals surface area contributed by atoms with Crippen molar-refractivity contribution < 1.29 is 0 Å². The van der Waals surface area contributed by atoms with E-state index in [-0.39, 0.29) is 0 Å². The standard InChI is InChI=1S/C41H44N8S2/c1-26-10-8-12-28(22-26)36-38(30-18-20-42-34(24-30)44-32-14-4-3-5-15-32)50-40(46-36)48-49-41-47-37(29-13-9-11-27(2)23-29)39(51-41)31-19-21-43-35(25-31)45-33-16-6-7-17-33/h8-13,18-25,32-33H,3-7,14-17H2,1-2H3,(H,42,44)(H,43,45)(H,46,48)(H,47,49). The van der Waals surface area contributed by atoms with Crippen molar-refractivity contribution in [2.24, 2.45) is 0 Å². The van der Waals surface area contributed by atoms with Crippen molar-refractivity contribution in [1.29, 1.82) is 0 Å². The molecule has 10 heteroatoms. The van der Waals surface area contributed by atoms with E-state index in [1.807, 2.05) is 12.4 Å². The number of thiazole rings is 2. The number of nitrogens with one attached hydrogen (secondary N) is 4. The smallest absolute Gasteiger partial charge is 0.202 e. The number of hydrazine groups is 1. The Morgan fingerprint density at radius 3 is 1.43 bits per heavy atom. The molecule has 4 aromatic heterocycles. The zero-order chi connectivity index (χ0) is 34.6. The SMILES string of the molecule is Cc1cccc(-c2nc(NNc3nc(-c4cccc(C)c4)c(-c4ccnc(NC5CCCC5)c4)s3)sc2-c2ccnc(NC3CCCCC3)c2)c1. The van der Waals surface area contributed by atoms with Crippen LogP contribution in [0.2, 0.25) is 0 Å². The second-order valence-corrected chi connectivity index (χ2v) is 15.8. The molecule has 51 heavy (non-hydrogen) atoms. The molecule has 4 heterocycles. The molecule has 2 aliphatic rings. The molecule has 8 rings (SSSR count). The lowest BCUT2D eigenvalue weighted by Crippen LogP contribution is -2.22. The molecule has 0 atom stereocenters. The van der Waals surface area contributed by atoms with E-state index in [0.717, 1.165) is 65.3 Å². The first kappa shape index (κ1) is 33.3. The fourth-order valence-electron chi connectivity index (χ4n) is 7.26. The second kappa shape index (κ2) is 15.2. The van der Waals surface area contributed by atoms with Crippen LogP contribution in [0.5, 0.6) is 0 Å². The first-order valence-corrected chi connectivity index (χ1v) is 19.8. The Morgan fingerprint density at radius 2 is 0.980 bits per heavy atom. The van der Waals surface area contributed by atoms with Gasteiger partial charge in [0.1, 0.15) is 11.6 Å². The van der Waals surface area contributed by atoms with Crippen molar-refractivity contribution in [3.8, 4) is 43.4 Å². The maximum Gasteiger partial charge on any atom is 0.202 e. The molecular weight excluding hydrogens is 669 g/mol. The highest BCUT2D eigenvalue weighted by Crippen LogP contribution is 2.42. The molecule has 6 aromatic rings. The fourth-order valence-corrected chi connectivity index (χ4v) is 9.13. The van der Waals surface area contributed by atoms with Crippen LogP contribution in [-0.4, -0.2) is 32.0 Å². The van der Waals surface area contributed by atoms with Crippen LogP contribution < -0.4 is 21.5 Å². The van der Waals surface area contributed by atoms with Gasteiger partial charge in [0, 0.05) is 35.6 Å². The Hall–Kier alpha value is -4.80. The zero-order valence-corrected chi connectivity index (χ0v) is 30.8. The third-order valence-electron chi connectivity index (χ3n) is 9.82. The van der Waals surface area contributed by atoms with Crippen LogP contribution in [0.4, 0.5) is 21.9 Å². The van der Waals surface area contributed by atoms with Gasteiger partial charge < -0.3 is 10.6 Å². The van der Waals surface area contributed by atoms with Crippen LogP contribution in [0.25, 0.3) is 43.4 Å². The molecule has 8 nitrogen and oxygen atoms in total. The lowest BCUT2D eigenvalue weighted by molar-refractivity contribution is 0.462. The Bertz CT molecular complexity index is 2110. The minimum atomic E-state index is 0.482. The average molecular weight is 713 g/mol. The monoisotopic (exact) mass is 712 g/mol. The maximum atomic E-state index is 5.14. The number of aryl methyl sites for hydroxylation is 2. The van der Waals surface area contributed by atoms with Crippen LogP contribution >= 0.6 is 22.7 Å². The van der Waals surface area contributed by atoms with Crippen molar-refractivity contribution in [2.75, 3.05) is 21.5 Å². The molecule has 2 aliphatic carbocycles. The minimum Gasteiger partial charge on any atom is -0.367 e. The van der Waals surface area contributed by atoms with Crippen LogP contribution in [0.15, 0.2) is 85.2 Å². The van der Waals surface area contributed by atoms with E-state index in [4.69, 9.17) is 9.97 Å². The number of hydrogen-bond acceptors (Lipinski definition) is 10. The van der Waals surface area contributed by atoms with Gasteiger partial charge in [-0.05, 0) is 87.1 Å². The highest BCUT2D eigenvalue weighted by atomic mass is 32.1. The molecular formula is C41H44N8S2. The van der Waals surface area contributed by atoms with E-state index in [1.54, 1.807) is 22.7 Å². The van der Waals surface area contributed by atoms with E-state index in [2.05, 4.69) is 118 Å². The number of pyridine rings is 2. The predicted octanol–water partition coefficient (Wildman–Crippen LogP) is 11.2. The van der Waals surface area contributed by atoms with Crippen LogP contribution in [0, 0.1) is 13.8 Å². The normalized spacial score (nSPS) is 15.2. The molecule has 0 spiro atoms. The van der Waals surface area contributed by atoms with E-state index < -0.39 is 0 Å². The Balaban J connectivity index is 1.10. The minimum absolute atomic E-state index is 0.482. The summed E-state index contributed by atoms with van der Waals surface area (Å²) < 4.78 is 0. The average Bonchev–Trinajstić information content (AvgIpc) is 3.92. The maximum absolute atomic E-state index is 5.14. The summed E-state index contributed by atoms with van der Waals surface area (Å²) >= 11 is 3.26. The van der Waals surface area contributed by atoms with Gasteiger partial charge in [0.15, 0.2) is 0 Å². The topological polar surface area (TPSA) is 99.7 Å². The van der Waals surface area contributed by atoms with Gasteiger partial charge >= 0.3 is 0 Å². The summed E-state index contributed by atoms with van der Waals surface area (Å²) in [5, 5.41) is 8.90. The largest absolute Gasteiger partial charge is 0.367 e. The summed E-state index contributed by atoms with van der Waals surface area (Å²) in [7, 11) is 0. The molecule has 0 unspecified atom stereocenters. The van der Waals surface area contributed by atoms with Gasteiger partial charge in [-0.3, -0.25) is 10.9 Å². The number of hydrogen-bond donors (Lipinski definition) is 4. The molecule has 260 valence electrons. The van der Waals surface area contributed by atoms with Crippen molar-refractivity contribution in [2.45, 2.75) is 83.7 Å². The summed E-state index contributed by atoms with van der Waals surface area (Å²) in [6.07, 6.45) is 15.0. The number of anilines is 4. The molecule has 2 aromatic carbocycles. The Labute approximate surface area is 308 Å². The first-order chi connectivity index (χ1) is 25.0. The third kappa shape index (κ3) is 7.92. The van der Waals surface area contributed by atoms with E-state index in [1.165, 1.54) is 68.9 Å². The van der Waals surface area contributed by atoms with Gasteiger partial charge in [0.05, 0.1) is 21.1 Å². The van der Waals surface area contributed by atoms with Crippen molar-refractivity contribution >= 4 is 44.6 Å². The highest BCUT2D eigenvalue weighted by molar-refractivity contribution is 7.20. The van der Waals surface area contributed by atoms with Crippen molar-refractivity contribution in [3.63, 3.8) is 0 Å². The summed E-state index contributed by atoms with van der Waals surface area (Å²) in [6.45, 7) is 4.24. The van der Waals surface area contributed by atoms with Crippen LogP contribution in [0.3, 0.4) is 0 Å². The highest BCUT2D eigenvalue weighted by Gasteiger charge is 2.21. The second-order valence-electron chi connectivity index (χ2n) is 13.8. The first-order valence-electron chi connectivity index (χ1n) is 18.2. The zero-order valence-electron chi connectivity index (χ0n) is 29.2. The summed E-state index contributed by atoms with van der Waals surface area (Å²) in [6, 6.07) is 26.6. The molecule has 0 saturated heterocycles. The lowest BCUT2D eigenvalue weighted by Gasteiger charge is -2.23. The number of aromatic nitrogens is 4.